The van der Waals surface area contributed by atoms with E-state index in [1.54, 1.807) is 11.0 Å². The highest BCUT2D eigenvalue weighted by Gasteiger charge is 2.27. The third-order valence-corrected chi connectivity index (χ3v) is 3.96. The number of rotatable bonds is 4. The monoisotopic (exact) mass is 314 g/mol. The van der Waals surface area contributed by atoms with Crippen LogP contribution in [0.3, 0.4) is 0 Å². The molecule has 1 aliphatic heterocycles. The number of carbonyl (C=O) groups excluding carboxylic acids is 1. The maximum absolute atomic E-state index is 13.0. The highest BCUT2D eigenvalue weighted by atomic mass is 16.5. The van der Waals surface area contributed by atoms with Gasteiger partial charge in [-0.2, -0.15) is 5.10 Å². The molecule has 23 heavy (non-hydrogen) atoms. The summed E-state index contributed by atoms with van der Waals surface area (Å²) in [6, 6.07) is 7.49. The minimum Gasteiger partial charge on any atom is -0.375 e. The standard InChI is InChI=1S/C17H22N4O2/c1-13(2)9-14-10-20(7-8-23-14)17(22)15-5-3-4-6-16(15)21-12-18-11-19-21/h3-6,11-14H,7-10H2,1-2H3/t14-/m1/s1. The molecule has 0 N–H and O–H groups in total. The Labute approximate surface area is 136 Å². The van der Waals surface area contributed by atoms with Crippen LogP contribution < -0.4 is 0 Å². The number of hydrogen-bond acceptors (Lipinski definition) is 4. The van der Waals surface area contributed by atoms with E-state index in [4.69, 9.17) is 4.74 Å². The molecular formula is C17H22N4O2. The second-order valence-electron chi connectivity index (χ2n) is 6.23. The third kappa shape index (κ3) is 3.59. The van der Waals surface area contributed by atoms with Crippen LogP contribution in [0.1, 0.15) is 30.6 Å². The quantitative estimate of drug-likeness (QED) is 0.867. The van der Waals surface area contributed by atoms with Gasteiger partial charge in [0.25, 0.3) is 5.91 Å². The van der Waals surface area contributed by atoms with E-state index in [2.05, 4.69) is 23.9 Å². The van der Waals surface area contributed by atoms with Crippen molar-refractivity contribution in [3.63, 3.8) is 0 Å². The SMILES string of the molecule is CC(C)C[C@@H]1CN(C(=O)c2ccccc2-n2cncn2)CCO1. The molecule has 0 unspecified atom stereocenters. The molecule has 0 saturated carbocycles. The summed E-state index contributed by atoms with van der Waals surface area (Å²) in [6.45, 7) is 6.20. The Hall–Kier alpha value is -2.21. The van der Waals surface area contributed by atoms with Crippen molar-refractivity contribution < 1.29 is 9.53 Å². The van der Waals surface area contributed by atoms with Crippen LogP contribution >= 0.6 is 0 Å². The summed E-state index contributed by atoms with van der Waals surface area (Å²) in [5.74, 6) is 0.575. The normalized spacial score (nSPS) is 18.4. The molecule has 2 aromatic rings. The van der Waals surface area contributed by atoms with Gasteiger partial charge in [-0.25, -0.2) is 9.67 Å². The van der Waals surface area contributed by atoms with Gasteiger partial charge in [0.15, 0.2) is 0 Å². The Morgan fingerprint density at radius 1 is 1.39 bits per heavy atom. The number of ether oxygens (including phenoxy) is 1. The van der Waals surface area contributed by atoms with Crippen molar-refractivity contribution in [2.24, 2.45) is 5.92 Å². The Morgan fingerprint density at radius 3 is 2.96 bits per heavy atom. The van der Waals surface area contributed by atoms with Gasteiger partial charge in [-0.05, 0) is 24.5 Å². The summed E-state index contributed by atoms with van der Waals surface area (Å²) < 4.78 is 7.41. The van der Waals surface area contributed by atoms with Gasteiger partial charge in [-0.15, -0.1) is 0 Å². The number of hydrogen-bond donors (Lipinski definition) is 0. The second-order valence-corrected chi connectivity index (χ2v) is 6.23. The molecule has 1 aromatic carbocycles. The van der Waals surface area contributed by atoms with Crippen molar-refractivity contribution in [3.05, 3.63) is 42.5 Å². The summed E-state index contributed by atoms with van der Waals surface area (Å²) in [4.78, 5) is 18.8. The average Bonchev–Trinajstić information content (AvgIpc) is 3.08. The minimum absolute atomic E-state index is 0.0214. The summed E-state index contributed by atoms with van der Waals surface area (Å²) in [7, 11) is 0. The molecule has 1 amide bonds. The van der Waals surface area contributed by atoms with Crippen molar-refractivity contribution in [1.29, 1.82) is 0 Å². The molecule has 6 heteroatoms. The number of benzene rings is 1. The highest BCUT2D eigenvalue weighted by molar-refractivity contribution is 5.97. The molecule has 1 aliphatic rings. The van der Waals surface area contributed by atoms with E-state index in [0.29, 0.717) is 31.2 Å². The number of para-hydroxylation sites is 1. The van der Waals surface area contributed by atoms with Gasteiger partial charge in [0.1, 0.15) is 12.7 Å². The largest absolute Gasteiger partial charge is 0.375 e. The maximum Gasteiger partial charge on any atom is 0.256 e. The topological polar surface area (TPSA) is 60.2 Å². The Kier molecular flexibility index (Phi) is 4.71. The molecule has 0 spiro atoms. The minimum atomic E-state index is 0.0214. The van der Waals surface area contributed by atoms with Crippen LogP contribution in [-0.4, -0.2) is 51.4 Å². The van der Waals surface area contributed by atoms with Crippen molar-refractivity contribution in [3.8, 4) is 5.69 Å². The maximum atomic E-state index is 13.0. The molecule has 1 aromatic heterocycles. The van der Waals surface area contributed by atoms with Crippen LogP contribution in [0, 0.1) is 5.92 Å². The first-order valence-electron chi connectivity index (χ1n) is 8.00. The van der Waals surface area contributed by atoms with Crippen molar-refractivity contribution in [2.45, 2.75) is 26.4 Å². The molecule has 1 fully saturated rings. The summed E-state index contributed by atoms with van der Waals surface area (Å²) in [5, 5.41) is 4.14. The lowest BCUT2D eigenvalue weighted by Crippen LogP contribution is -2.46. The lowest BCUT2D eigenvalue weighted by Gasteiger charge is -2.34. The van der Waals surface area contributed by atoms with Crippen molar-refractivity contribution in [1.82, 2.24) is 19.7 Å². The van der Waals surface area contributed by atoms with E-state index >= 15 is 0 Å². The molecule has 1 saturated heterocycles. The van der Waals surface area contributed by atoms with Crippen molar-refractivity contribution in [2.75, 3.05) is 19.7 Å². The van der Waals surface area contributed by atoms with Gasteiger partial charge >= 0.3 is 0 Å². The third-order valence-electron chi connectivity index (χ3n) is 3.96. The zero-order chi connectivity index (χ0) is 16.2. The van der Waals surface area contributed by atoms with Crippen LogP contribution in [0.4, 0.5) is 0 Å². The molecule has 1 atom stereocenters. The lowest BCUT2D eigenvalue weighted by atomic mass is 10.0. The molecular weight excluding hydrogens is 292 g/mol. The van der Waals surface area contributed by atoms with Crippen LogP contribution in [0.5, 0.6) is 0 Å². The Morgan fingerprint density at radius 2 is 2.22 bits per heavy atom. The van der Waals surface area contributed by atoms with Gasteiger partial charge in [0.2, 0.25) is 0 Å². The summed E-state index contributed by atoms with van der Waals surface area (Å²) in [6.07, 6.45) is 4.15. The first-order valence-corrected chi connectivity index (χ1v) is 8.00. The zero-order valence-corrected chi connectivity index (χ0v) is 13.6. The van der Waals surface area contributed by atoms with E-state index in [-0.39, 0.29) is 12.0 Å². The molecule has 0 radical (unpaired) electrons. The van der Waals surface area contributed by atoms with Gasteiger partial charge in [0.05, 0.1) is 24.0 Å². The van der Waals surface area contributed by atoms with E-state index in [1.165, 1.54) is 6.33 Å². The smallest absolute Gasteiger partial charge is 0.256 e. The highest BCUT2D eigenvalue weighted by Crippen LogP contribution is 2.19. The molecule has 122 valence electrons. The summed E-state index contributed by atoms with van der Waals surface area (Å²) >= 11 is 0. The zero-order valence-electron chi connectivity index (χ0n) is 13.6. The van der Waals surface area contributed by atoms with Crippen molar-refractivity contribution >= 4 is 5.91 Å². The second kappa shape index (κ2) is 6.91. The van der Waals surface area contributed by atoms with Crippen LogP contribution in [0.25, 0.3) is 5.69 Å². The molecule has 3 rings (SSSR count). The van der Waals surface area contributed by atoms with Crippen LogP contribution in [-0.2, 0) is 4.74 Å². The van der Waals surface area contributed by atoms with Crippen LogP contribution in [0.15, 0.2) is 36.9 Å². The number of morpholine rings is 1. The molecule has 6 nitrogen and oxygen atoms in total. The number of carbonyl (C=O) groups is 1. The van der Waals surface area contributed by atoms with E-state index in [9.17, 15) is 4.79 Å². The predicted octanol–water partition coefficient (Wildman–Crippen LogP) is 2.15. The van der Waals surface area contributed by atoms with Gasteiger partial charge in [0, 0.05) is 13.1 Å². The fourth-order valence-corrected chi connectivity index (χ4v) is 2.93. The van der Waals surface area contributed by atoms with Gasteiger partial charge < -0.3 is 9.64 Å². The van der Waals surface area contributed by atoms with E-state index in [0.717, 1.165) is 12.1 Å². The Balaban J connectivity index is 1.81. The molecule has 0 bridgehead atoms. The van der Waals surface area contributed by atoms with E-state index in [1.807, 2.05) is 29.2 Å². The number of nitrogens with zero attached hydrogens (tertiary/aromatic N) is 4. The number of aromatic nitrogens is 3. The fraction of sp³-hybridized carbons (Fsp3) is 0.471. The summed E-state index contributed by atoms with van der Waals surface area (Å²) in [5.41, 5.74) is 1.39. The van der Waals surface area contributed by atoms with Gasteiger partial charge in [-0.1, -0.05) is 26.0 Å². The van der Waals surface area contributed by atoms with E-state index < -0.39 is 0 Å². The predicted molar refractivity (Wildman–Crippen MR) is 86.5 cm³/mol. The molecule has 0 aliphatic carbocycles. The van der Waals surface area contributed by atoms with Gasteiger partial charge in [-0.3, -0.25) is 4.79 Å². The fourth-order valence-electron chi connectivity index (χ4n) is 2.93. The number of amides is 1. The Bertz CT molecular complexity index is 654. The van der Waals surface area contributed by atoms with Crippen LogP contribution in [0.2, 0.25) is 0 Å². The molecule has 2 heterocycles. The lowest BCUT2D eigenvalue weighted by molar-refractivity contribution is -0.0298. The first kappa shape index (κ1) is 15.7. The average molecular weight is 314 g/mol. The first-order chi connectivity index (χ1) is 11.1.